The zero-order valence-corrected chi connectivity index (χ0v) is 15.1. The molecule has 1 atom stereocenters. The minimum absolute atomic E-state index is 0. The molecule has 0 saturated heterocycles. The Hall–Kier alpha value is -1.46. The van der Waals surface area contributed by atoms with Crippen molar-refractivity contribution in [1.82, 2.24) is 5.32 Å². The van der Waals surface area contributed by atoms with Crippen molar-refractivity contribution < 1.29 is 14.3 Å². The Balaban J connectivity index is 0.00000484. The molecule has 1 unspecified atom stereocenters. The van der Waals surface area contributed by atoms with Crippen molar-refractivity contribution >= 4 is 18.3 Å². The number of amides is 1. The van der Waals surface area contributed by atoms with Crippen LogP contribution in [0, 0.1) is 0 Å². The third-order valence-corrected chi connectivity index (χ3v) is 3.26. The van der Waals surface area contributed by atoms with Crippen LogP contribution in [0.5, 0.6) is 11.5 Å². The molecule has 0 spiro atoms. The van der Waals surface area contributed by atoms with E-state index in [9.17, 15) is 4.79 Å². The molecular weight excluding hydrogens is 316 g/mol. The lowest BCUT2D eigenvalue weighted by Crippen LogP contribution is -2.41. The molecule has 5 nitrogen and oxygen atoms in total. The van der Waals surface area contributed by atoms with E-state index in [2.05, 4.69) is 5.32 Å². The molecule has 1 aromatic rings. The first-order valence-corrected chi connectivity index (χ1v) is 8.04. The average molecular weight is 345 g/mol. The van der Waals surface area contributed by atoms with Gasteiger partial charge in [0.25, 0.3) is 0 Å². The summed E-state index contributed by atoms with van der Waals surface area (Å²) in [6.45, 7) is 7.66. The second-order valence-electron chi connectivity index (χ2n) is 5.08. The van der Waals surface area contributed by atoms with Crippen LogP contribution in [0.4, 0.5) is 0 Å². The van der Waals surface area contributed by atoms with Crippen LogP contribution in [0.25, 0.3) is 0 Å². The molecule has 0 aliphatic heterocycles. The number of ether oxygens (including phenoxy) is 2. The Morgan fingerprint density at radius 3 is 2.43 bits per heavy atom. The Morgan fingerprint density at radius 1 is 1.17 bits per heavy atom. The summed E-state index contributed by atoms with van der Waals surface area (Å²) >= 11 is 0. The van der Waals surface area contributed by atoms with Crippen LogP contribution in [0.3, 0.4) is 0 Å². The van der Waals surface area contributed by atoms with E-state index < -0.39 is 6.04 Å². The Morgan fingerprint density at radius 2 is 1.83 bits per heavy atom. The van der Waals surface area contributed by atoms with Gasteiger partial charge in [-0.2, -0.15) is 0 Å². The molecule has 0 fully saturated rings. The second kappa shape index (κ2) is 12.0. The SMILES string of the molecule is CCCC(N)C(=O)NCCc1ccc(OCC)c(OCC)c1.Cl. The summed E-state index contributed by atoms with van der Waals surface area (Å²) in [5.74, 6) is 1.41. The first kappa shape index (κ1) is 21.5. The van der Waals surface area contributed by atoms with Crippen LogP contribution < -0.4 is 20.5 Å². The molecule has 0 saturated carbocycles. The van der Waals surface area contributed by atoms with Crippen LogP contribution in [0.15, 0.2) is 18.2 Å². The highest BCUT2D eigenvalue weighted by Gasteiger charge is 2.11. The number of benzene rings is 1. The van der Waals surface area contributed by atoms with Crippen LogP contribution in [0.2, 0.25) is 0 Å². The topological polar surface area (TPSA) is 73.6 Å². The highest BCUT2D eigenvalue weighted by atomic mass is 35.5. The van der Waals surface area contributed by atoms with Gasteiger partial charge >= 0.3 is 0 Å². The summed E-state index contributed by atoms with van der Waals surface area (Å²) in [6.07, 6.45) is 2.35. The number of carbonyl (C=O) groups is 1. The highest BCUT2D eigenvalue weighted by molar-refractivity contribution is 5.85. The molecule has 6 heteroatoms. The number of hydrogen-bond acceptors (Lipinski definition) is 4. The fraction of sp³-hybridized carbons (Fsp3) is 0.588. The Labute approximate surface area is 145 Å². The number of rotatable bonds is 10. The predicted molar refractivity (Wildman–Crippen MR) is 95.6 cm³/mol. The molecule has 3 N–H and O–H groups in total. The minimum atomic E-state index is -0.413. The third kappa shape index (κ3) is 7.57. The van der Waals surface area contributed by atoms with Gasteiger partial charge in [-0.15, -0.1) is 12.4 Å². The molecule has 1 rings (SSSR count). The maximum absolute atomic E-state index is 11.8. The quantitative estimate of drug-likeness (QED) is 0.684. The standard InChI is InChI=1S/C17H28N2O3.ClH/c1-4-7-14(18)17(20)19-11-10-13-8-9-15(21-5-2)16(12-13)22-6-3;/h8-9,12,14H,4-7,10-11,18H2,1-3H3,(H,19,20);1H. The van der Waals surface area contributed by atoms with Crippen LogP contribution in [-0.4, -0.2) is 31.7 Å². The fourth-order valence-electron chi connectivity index (χ4n) is 2.15. The van der Waals surface area contributed by atoms with Gasteiger partial charge in [-0.05, 0) is 44.4 Å². The summed E-state index contributed by atoms with van der Waals surface area (Å²) in [7, 11) is 0. The van der Waals surface area contributed by atoms with Gasteiger partial charge in [0.15, 0.2) is 11.5 Å². The molecule has 23 heavy (non-hydrogen) atoms. The summed E-state index contributed by atoms with van der Waals surface area (Å²) in [5.41, 5.74) is 6.87. The van der Waals surface area contributed by atoms with Crippen molar-refractivity contribution in [3.8, 4) is 11.5 Å². The van der Waals surface area contributed by atoms with E-state index in [1.807, 2.05) is 39.0 Å². The lowest BCUT2D eigenvalue weighted by Gasteiger charge is -2.13. The van der Waals surface area contributed by atoms with Crippen LogP contribution in [-0.2, 0) is 11.2 Å². The molecule has 132 valence electrons. The van der Waals surface area contributed by atoms with Gasteiger partial charge in [-0.1, -0.05) is 19.4 Å². The van der Waals surface area contributed by atoms with Crippen molar-refractivity contribution in [2.75, 3.05) is 19.8 Å². The molecule has 0 aliphatic carbocycles. The Kier molecular flexibility index (Phi) is 11.3. The van der Waals surface area contributed by atoms with Gasteiger partial charge in [-0.3, -0.25) is 4.79 Å². The van der Waals surface area contributed by atoms with Gasteiger partial charge in [0, 0.05) is 6.54 Å². The van der Waals surface area contributed by atoms with Crippen LogP contribution in [0.1, 0.15) is 39.2 Å². The average Bonchev–Trinajstić information content (AvgIpc) is 2.50. The lowest BCUT2D eigenvalue weighted by molar-refractivity contribution is -0.122. The molecule has 1 aromatic carbocycles. The second-order valence-corrected chi connectivity index (χ2v) is 5.08. The van der Waals surface area contributed by atoms with Gasteiger partial charge in [0.1, 0.15) is 0 Å². The van der Waals surface area contributed by atoms with Crippen molar-refractivity contribution in [3.63, 3.8) is 0 Å². The lowest BCUT2D eigenvalue weighted by atomic mass is 10.1. The van der Waals surface area contributed by atoms with E-state index in [4.69, 9.17) is 15.2 Å². The minimum Gasteiger partial charge on any atom is -0.490 e. The molecule has 0 radical (unpaired) electrons. The van der Waals surface area contributed by atoms with Crippen molar-refractivity contribution in [3.05, 3.63) is 23.8 Å². The molecule has 0 aromatic heterocycles. The van der Waals surface area contributed by atoms with Gasteiger partial charge < -0.3 is 20.5 Å². The third-order valence-electron chi connectivity index (χ3n) is 3.26. The van der Waals surface area contributed by atoms with Gasteiger partial charge in [0.2, 0.25) is 5.91 Å². The molecule has 1 amide bonds. The smallest absolute Gasteiger partial charge is 0.236 e. The van der Waals surface area contributed by atoms with Gasteiger partial charge in [0.05, 0.1) is 19.3 Å². The maximum Gasteiger partial charge on any atom is 0.236 e. The highest BCUT2D eigenvalue weighted by Crippen LogP contribution is 2.28. The Bertz CT molecular complexity index is 469. The largest absolute Gasteiger partial charge is 0.490 e. The molecule has 0 bridgehead atoms. The number of nitrogens with two attached hydrogens (primary N) is 1. The van der Waals surface area contributed by atoms with Crippen molar-refractivity contribution in [2.24, 2.45) is 5.73 Å². The normalized spacial score (nSPS) is 11.3. The van der Waals surface area contributed by atoms with Crippen molar-refractivity contribution in [2.45, 2.75) is 46.1 Å². The number of halogens is 1. The zero-order chi connectivity index (χ0) is 16.4. The summed E-state index contributed by atoms with van der Waals surface area (Å²) in [5, 5.41) is 2.87. The number of nitrogens with one attached hydrogen (secondary N) is 1. The molecule has 0 heterocycles. The van der Waals surface area contributed by atoms with E-state index in [1.54, 1.807) is 0 Å². The monoisotopic (exact) mass is 344 g/mol. The molecule has 0 aliphatic rings. The van der Waals surface area contributed by atoms with E-state index in [1.165, 1.54) is 0 Å². The van der Waals surface area contributed by atoms with Gasteiger partial charge in [-0.25, -0.2) is 0 Å². The predicted octanol–water partition coefficient (Wildman–Crippen LogP) is 2.69. The zero-order valence-electron chi connectivity index (χ0n) is 14.3. The molecular formula is C17H29ClN2O3. The van der Waals surface area contributed by atoms with Crippen molar-refractivity contribution in [1.29, 1.82) is 0 Å². The number of carbonyl (C=O) groups excluding carboxylic acids is 1. The van der Waals surface area contributed by atoms with E-state index >= 15 is 0 Å². The summed E-state index contributed by atoms with van der Waals surface area (Å²) < 4.78 is 11.1. The summed E-state index contributed by atoms with van der Waals surface area (Å²) in [6, 6.07) is 5.46. The fourth-order valence-corrected chi connectivity index (χ4v) is 2.15. The van der Waals surface area contributed by atoms with E-state index in [-0.39, 0.29) is 18.3 Å². The first-order chi connectivity index (χ1) is 10.6. The number of hydrogen-bond donors (Lipinski definition) is 2. The van der Waals surface area contributed by atoms with E-state index in [0.717, 1.165) is 29.9 Å². The summed E-state index contributed by atoms with van der Waals surface area (Å²) in [4.78, 5) is 11.8. The maximum atomic E-state index is 11.8. The van der Waals surface area contributed by atoms with Crippen LogP contribution >= 0.6 is 12.4 Å². The van der Waals surface area contributed by atoms with E-state index in [0.29, 0.717) is 26.2 Å². The first-order valence-electron chi connectivity index (χ1n) is 8.04.